The fraction of sp³-hybridized carbons (Fsp3) is 0.194. The molecule has 2 atom stereocenters. The van der Waals surface area contributed by atoms with E-state index in [1.807, 2.05) is 0 Å². The van der Waals surface area contributed by atoms with Crippen molar-refractivity contribution in [2.75, 3.05) is 13.1 Å². The predicted molar refractivity (Wildman–Crippen MR) is 155 cm³/mol. The van der Waals surface area contributed by atoms with Crippen LogP contribution in [0.4, 0.5) is 0 Å². The van der Waals surface area contributed by atoms with Crippen molar-refractivity contribution in [2.45, 2.75) is 25.4 Å². The molecule has 0 N–H and O–H groups in total. The third-order valence-electron chi connectivity index (χ3n) is 6.34. The summed E-state index contributed by atoms with van der Waals surface area (Å²) in [6.07, 6.45) is 2.36. The Morgan fingerprint density at radius 3 is 1.80 bits per heavy atom. The van der Waals surface area contributed by atoms with Crippen LogP contribution in [0, 0.1) is 0 Å². The summed E-state index contributed by atoms with van der Waals surface area (Å²) < 4.78 is 2.87. The number of aliphatic imine (C=N–C) groups is 1. The molecule has 1 unspecified atom stereocenters. The van der Waals surface area contributed by atoms with Gasteiger partial charge < -0.3 is 0 Å². The van der Waals surface area contributed by atoms with E-state index in [1.165, 1.54) is 40.0 Å². The second-order valence-electron chi connectivity index (χ2n) is 8.73. The predicted octanol–water partition coefficient (Wildman–Crippen LogP) is 7.74. The van der Waals surface area contributed by atoms with Crippen molar-refractivity contribution in [3.63, 3.8) is 0 Å². The molecule has 2 nitrogen and oxygen atoms in total. The Kier molecular flexibility index (Phi) is 8.17. The molecule has 35 heavy (non-hydrogen) atoms. The second-order valence-corrected chi connectivity index (χ2v) is 13.4. The fourth-order valence-corrected chi connectivity index (χ4v) is 11.3. The van der Waals surface area contributed by atoms with Crippen LogP contribution in [0.1, 0.15) is 36.6 Å². The minimum Gasteiger partial charge on any atom is -0.282 e. The van der Waals surface area contributed by atoms with E-state index in [1.54, 1.807) is 0 Å². The molecule has 5 rings (SSSR count). The van der Waals surface area contributed by atoms with Crippen LogP contribution < -0.4 is 10.6 Å². The first-order chi connectivity index (χ1) is 17.4. The van der Waals surface area contributed by atoms with Crippen molar-refractivity contribution in [3.8, 4) is 0 Å². The standard InChI is InChI=1S/C31H32N2P2/c1-2-3-24-33(34(28-20-12-6-13-21-28)29-22-14-7-15-23-29)35-30(26-16-8-4-9-17-26)25-32-31(35)27-18-10-5-11-19-27/h4-23,30H,2-3,24-25H2,1H3/t30-,35?/m0/s1. The first-order valence-corrected chi connectivity index (χ1v) is 15.1. The van der Waals surface area contributed by atoms with Gasteiger partial charge in [0, 0.05) is 33.9 Å². The van der Waals surface area contributed by atoms with Gasteiger partial charge in [-0.2, -0.15) is 0 Å². The number of rotatable bonds is 9. The first kappa shape index (κ1) is 24.1. The molecule has 4 heteroatoms. The molecule has 0 aromatic heterocycles. The number of hydrogen-bond acceptors (Lipinski definition) is 2. The summed E-state index contributed by atoms with van der Waals surface area (Å²) in [5.74, 6) is 0. The number of nitrogens with zero attached hydrogens (tertiary/aromatic N) is 2. The van der Waals surface area contributed by atoms with Gasteiger partial charge in [0.05, 0.1) is 12.0 Å². The number of benzene rings is 4. The quantitative estimate of drug-likeness (QED) is 0.217. The molecule has 0 radical (unpaired) electrons. The molecule has 0 saturated heterocycles. The molecule has 1 aliphatic rings. The molecule has 0 amide bonds. The Hall–Kier alpha value is -2.63. The molecule has 0 aliphatic carbocycles. The highest BCUT2D eigenvalue weighted by Gasteiger charge is 2.41. The first-order valence-electron chi connectivity index (χ1n) is 12.5. The third-order valence-corrected chi connectivity index (χ3v) is 12.3. The van der Waals surface area contributed by atoms with Gasteiger partial charge in [0.2, 0.25) is 0 Å². The van der Waals surface area contributed by atoms with E-state index >= 15 is 0 Å². The van der Waals surface area contributed by atoms with Crippen LogP contribution in [0.5, 0.6) is 0 Å². The largest absolute Gasteiger partial charge is 0.282 e. The molecule has 0 bridgehead atoms. The SMILES string of the molecule is CCCCN(P(c1ccccc1)c1ccccc1)P1C(c2ccccc2)=NC[C@H]1c1ccccc1. The van der Waals surface area contributed by atoms with Crippen molar-refractivity contribution in [2.24, 2.45) is 4.99 Å². The molecular formula is C31H32N2P2. The zero-order chi connectivity index (χ0) is 23.9. The Morgan fingerprint density at radius 2 is 1.26 bits per heavy atom. The van der Waals surface area contributed by atoms with E-state index in [-0.39, 0.29) is 0 Å². The minimum atomic E-state index is -0.690. The normalized spacial score (nSPS) is 17.6. The highest BCUT2D eigenvalue weighted by molar-refractivity contribution is 7.86. The highest BCUT2D eigenvalue weighted by atomic mass is 31.2. The van der Waals surface area contributed by atoms with Gasteiger partial charge >= 0.3 is 0 Å². The van der Waals surface area contributed by atoms with Crippen LogP contribution in [0.2, 0.25) is 0 Å². The zero-order valence-electron chi connectivity index (χ0n) is 20.2. The lowest BCUT2D eigenvalue weighted by Gasteiger charge is -2.40. The number of hydrogen-bond donors (Lipinski definition) is 0. The van der Waals surface area contributed by atoms with Gasteiger partial charge in [0.15, 0.2) is 0 Å². The summed E-state index contributed by atoms with van der Waals surface area (Å²) in [5.41, 5.74) is 4.38. The summed E-state index contributed by atoms with van der Waals surface area (Å²) in [6, 6.07) is 44.2. The maximum absolute atomic E-state index is 5.26. The average Bonchev–Trinajstić information content (AvgIpc) is 3.38. The van der Waals surface area contributed by atoms with Crippen molar-refractivity contribution in [1.29, 1.82) is 0 Å². The second kappa shape index (κ2) is 11.9. The lowest BCUT2D eigenvalue weighted by Crippen LogP contribution is -2.29. The summed E-state index contributed by atoms with van der Waals surface area (Å²) in [7, 11) is -1.36. The van der Waals surface area contributed by atoms with Crippen LogP contribution in [-0.2, 0) is 0 Å². The van der Waals surface area contributed by atoms with E-state index in [0.29, 0.717) is 5.66 Å². The molecule has 0 fully saturated rings. The van der Waals surface area contributed by atoms with Crippen LogP contribution >= 0.6 is 16.1 Å². The van der Waals surface area contributed by atoms with Crippen molar-refractivity contribution < 1.29 is 0 Å². The summed E-state index contributed by atoms with van der Waals surface area (Å²) in [6.45, 7) is 4.23. The van der Waals surface area contributed by atoms with Crippen LogP contribution in [-0.4, -0.2) is 23.0 Å². The maximum atomic E-state index is 5.26. The van der Waals surface area contributed by atoms with E-state index < -0.39 is 16.1 Å². The number of unbranched alkanes of at least 4 members (excludes halogenated alkanes) is 1. The molecule has 1 aliphatic heterocycles. The molecule has 0 saturated carbocycles. The lowest BCUT2D eigenvalue weighted by atomic mass is 10.1. The van der Waals surface area contributed by atoms with Gasteiger partial charge in [-0.3, -0.25) is 4.99 Å². The van der Waals surface area contributed by atoms with Crippen molar-refractivity contribution >= 4 is 32.2 Å². The highest BCUT2D eigenvalue weighted by Crippen LogP contribution is 2.67. The van der Waals surface area contributed by atoms with Gasteiger partial charge in [-0.15, -0.1) is 0 Å². The van der Waals surface area contributed by atoms with Gasteiger partial charge in [-0.1, -0.05) is 135 Å². The smallest absolute Gasteiger partial charge is 0.0808 e. The summed E-state index contributed by atoms with van der Waals surface area (Å²) in [5, 5.41) is 2.83. The Balaban J connectivity index is 1.66. The zero-order valence-corrected chi connectivity index (χ0v) is 22.0. The van der Waals surface area contributed by atoms with Crippen LogP contribution in [0.15, 0.2) is 126 Å². The molecule has 4 aromatic rings. The van der Waals surface area contributed by atoms with Crippen molar-refractivity contribution in [1.82, 2.24) is 4.44 Å². The summed E-state index contributed by atoms with van der Waals surface area (Å²) in [4.78, 5) is 5.26. The van der Waals surface area contributed by atoms with E-state index in [0.717, 1.165) is 13.1 Å². The van der Waals surface area contributed by atoms with Crippen LogP contribution in [0.3, 0.4) is 0 Å². The minimum absolute atomic E-state index is 0.399. The van der Waals surface area contributed by atoms with E-state index in [4.69, 9.17) is 4.99 Å². The van der Waals surface area contributed by atoms with Gasteiger partial charge in [0.25, 0.3) is 0 Å². The maximum Gasteiger partial charge on any atom is 0.0808 e. The summed E-state index contributed by atoms with van der Waals surface area (Å²) >= 11 is 0. The fourth-order valence-electron chi connectivity index (χ4n) is 4.63. The van der Waals surface area contributed by atoms with E-state index in [2.05, 4.69) is 133 Å². The molecule has 0 spiro atoms. The van der Waals surface area contributed by atoms with E-state index in [9.17, 15) is 0 Å². The topological polar surface area (TPSA) is 15.6 Å². The molecular weight excluding hydrogens is 462 g/mol. The van der Waals surface area contributed by atoms with Crippen molar-refractivity contribution in [3.05, 3.63) is 132 Å². The van der Waals surface area contributed by atoms with Crippen LogP contribution in [0.25, 0.3) is 0 Å². The molecule has 4 aromatic carbocycles. The third kappa shape index (κ3) is 5.46. The molecule has 1 heterocycles. The van der Waals surface area contributed by atoms with Gasteiger partial charge in [-0.25, -0.2) is 4.44 Å². The Morgan fingerprint density at radius 1 is 0.743 bits per heavy atom. The Labute approximate surface area is 212 Å². The average molecular weight is 495 g/mol. The lowest BCUT2D eigenvalue weighted by molar-refractivity contribution is 0.639. The van der Waals surface area contributed by atoms with Gasteiger partial charge in [0.1, 0.15) is 0 Å². The van der Waals surface area contributed by atoms with Gasteiger partial charge in [-0.05, 0) is 22.6 Å². The molecule has 176 valence electrons. The monoisotopic (exact) mass is 494 g/mol. The Bertz CT molecular complexity index is 1170.